The largest absolute Gasteiger partial charge is 0.313 e. The Morgan fingerprint density at radius 2 is 1.84 bits per heavy atom. The van der Waals surface area contributed by atoms with Crippen molar-refractivity contribution in [3.8, 4) is 0 Å². The molecule has 2 rings (SSSR count). The smallest absolute Gasteiger partial charge is 0.0705 e. The zero-order valence-corrected chi connectivity index (χ0v) is 13.4. The number of alkyl halides is 1. The minimum Gasteiger partial charge on any atom is -0.313 e. The Balaban J connectivity index is 1.78. The molecule has 102 valence electrons. The van der Waals surface area contributed by atoms with Gasteiger partial charge in [-0.25, -0.2) is 0 Å². The molecular weight excluding hydrogens is 347 g/mol. The fraction of sp³-hybridized carbons (Fsp3) is 0.438. The Bertz CT molecular complexity index is 494. The Labute approximate surface area is 129 Å². The quantitative estimate of drug-likeness (QED) is 0.427. The van der Waals surface area contributed by atoms with Crippen molar-refractivity contribution in [2.45, 2.75) is 32.2 Å². The van der Waals surface area contributed by atoms with E-state index in [-0.39, 0.29) is 0 Å². The first-order valence-electron chi connectivity index (χ1n) is 7.01. The number of fused-ring (bicyclic) bond motifs is 1. The second kappa shape index (κ2) is 8.48. The first-order chi connectivity index (χ1) is 9.42. The summed E-state index contributed by atoms with van der Waals surface area (Å²) in [6.07, 6.45) is 7.24. The number of aromatic nitrogens is 1. The molecule has 0 unspecified atom stereocenters. The zero-order chi connectivity index (χ0) is 13.3. The zero-order valence-electron chi connectivity index (χ0n) is 11.2. The topological polar surface area (TPSA) is 24.9 Å². The summed E-state index contributed by atoms with van der Waals surface area (Å²) >= 11 is 2.45. The predicted molar refractivity (Wildman–Crippen MR) is 90.8 cm³/mol. The third-order valence-corrected chi connectivity index (χ3v) is 4.05. The van der Waals surface area contributed by atoms with Crippen LogP contribution in [0.15, 0.2) is 36.5 Å². The first-order valence-corrected chi connectivity index (χ1v) is 8.53. The van der Waals surface area contributed by atoms with Crippen molar-refractivity contribution in [1.29, 1.82) is 0 Å². The number of benzene rings is 1. The van der Waals surface area contributed by atoms with Gasteiger partial charge in [-0.05, 0) is 41.5 Å². The van der Waals surface area contributed by atoms with E-state index in [2.05, 4.69) is 57.2 Å². The normalized spacial score (nSPS) is 11.0. The van der Waals surface area contributed by atoms with Gasteiger partial charge in [0, 0.05) is 18.1 Å². The number of hydrogen-bond donors (Lipinski definition) is 1. The molecule has 0 radical (unpaired) electrons. The molecule has 0 spiro atoms. The van der Waals surface area contributed by atoms with Crippen LogP contribution in [0.1, 0.15) is 31.2 Å². The van der Waals surface area contributed by atoms with Crippen LogP contribution in [0.2, 0.25) is 0 Å². The number of nitrogens with one attached hydrogen (secondary N) is 1. The molecule has 1 N–H and O–H groups in total. The van der Waals surface area contributed by atoms with Crippen LogP contribution in [-0.4, -0.2) is 16.0 Å². The van der Waals surface area contributed by atoms with Crippen LogP contribution in [0.5, 0.6) is 0 Å². The van der Waals surface area contributed by atoms with Gasteiger partial charge >= 0.3 is 0 Å². The van der Waals surface area contributed by atoms with Gasteiger partial charge in [-0.15, -0.1) is 0 Å². The van der Waals surface area contributed by atoms with E-state index in [0.717, 1.165) is 18.6 Å². The van der Waals surface area contributed by atoms with Crippen LogP contribution < -0.4 is 5.32 Å². The average molecular weight is 368 g/mol. The van der Waals surface area contributed by atoms with Crippen LogP contribution in [0.4, 0.5) is 0 Å². The highest BCUT2D eigenvalue weighted by molar-refractivity contribution is 14.1. The van der Waals surface area contributed by atoms with Crippen LogP contribution in [0, 0.1) is 0 Å². The van der Waals surface area contributed by atoms with Crippen LogP contribution in [0.3, 0.4) is 0 Å². The van der Waals surface area contributed by atoms with E-state index in [1.165, 1.54) is 41.1 Å². The van der Waals surface area contributed by atoms with Crippen LogP contribution >= 0.6 is 22.6 Å². The predicted octanol–water partition coefficient (Wildman–Crippen LogP) is 4.32. The maximum Gasteiger partial charge on any atom is 0.0705 e. The molecule has 1 heterocycles. The summed E-state index contributed by atoms with van der Waals surface area (Å²) in [6, 6.07) is 10.5. The van der Waals surface area contributed by atoms with E-state index in [4.69, 9.17) is 0 Å². The molecule has 0 saturated heterocycles. The van der Waals surface area contributed by atoms with E-state index in [9.17, 15) is 0 Å². The first kappa shape index (κ1) is 14.7. The highest BCUT2D eigenvalue weighted by Gasteiger charge is 2.00. The Hall–Kier alpha value is -0.680. The van der Waals surface area contributed by atoms with E-state index in [0.29, 0.717) is 0 Å². The number of pyridine rings is 1. The van der Waals surface area contributed by atoms with Gasteiger partial charge in [0.2, 0.25) is 0 Å². The summed E-state index contributed by atoms with van der Waals surface area (Å²) < 4.78 is 1.29. The standard InChI is InChI=1S/C16H21IN2/c17-10-5-1-2-6-11-18-13-14-9-12-19-16-8-4-3-7-15(14)16/h3-4,7-9,12,18H,1-2,5-6,10-11,13H2. The van der Waals surface area contributed by atoms with Crippen molar-refractivity contribution in [3.63, 3.8) is 0 Å². The highest BCUT2D eigenvalue weighted by Crippen LogP contribution is 2.15. The van der Waals surface area contributed by atoms with Gasteiger partial charge < -0.3 is 5.32 Å². The molecule has 0 bridgehead atoms. The SMILES string of the molecule is ICCCCCCNCc1ccnc2ccccc12. The molecular formula is C16H21IN2. The molecule has 0 aliphatic heterocycles. The van der Waals surface area contributed by atoms with Gasteiger partial charge in [-0.3, -0.25) is 4.98 Å². The van der Waals surface area contributed by atoms with Gasteiger partial charge in [0.05, 0.1) is 5.52 Å². The lowest BCUT2D eigenvalue weighted by atomic mass is 10.1. The minimum absolute atomic E-state index is 0.940. The molecule has 1 aromatic carbocycles. The molecule has 2 aromatic rings. The fourth-order valence-electron chi connectivity index (χ4n) is 2.23. The number of halogens is 1. The summed E-state index contributed by atoms with van der Waals surface area (Å²) in [6.45, 7) is 2.05. The van der Waals surface area contributed by atoms with Crippen molar-refractivity contribution in [1.82, 2.24) is 10.3 Å². The highest BCUT2D eigenvalue weighted by atomic mass is 127. The van der Waals surface area contributed by atoms with Crippen molar-refractivity contribution >= 4 is 33.5 Å². The number of para-hydroxylation sites is 1. The number of unbranched alkanes of at least 4 members (excludes halogenated alkanes) is 3. The molecule has 0 aliphatic carbocycles. The van der Waals surface area contributed by atoms with E-state index >= 15 is 0 Å². The molecule has 0 amide bonds. The molecule has 0 saturated carbocycles. The maximum absolute atomic E-state index is 4.39. The number of hydrogen-bond acceptors (Lipinski definition) is 2. The maximum atomic E-state index is 4.39. The molecule has 19 heavy (non-hydrogen) atoms. The second-order valence-electron chi connectivity index (χ2n) is 4.77. The molecule has 3 heteroatoms. The average Bonchev–Trinajstić information content (AvgIpc) is 2.46. The third kappa shape index (κ3) is 4.73. The van der Waals surface area contributed by atoms with Crippen LogP contribution in [-0.2, 0) is 6.54 Å². The van der Waals surface area contributed by atoms with Gasteiger partial charge in [0.25, 0.3) is 0 Å². The molecule has 0 atom stereocenters. The van der Waals surface area contributed by atoms with Gasteiger partial charge in [0.15, 0.2) is 0 Å². The Morgan fingerprint density at radius 3 is 2.74 bits per heavy atom. The van der Waals surface area contributed by atoms with Crippen molar-refractivity contribution in [3.05, 3.63) is 42.1 Å². The minimum atomic E-state index is 0.940. The Morgan fingerprint density at radius 1 is 1.00 bits per heavy atom. The molecule has 2 nitrogen and oxygen atoms in total. The molecule has 0 aliphatic rings. The van der Waals surface area contributed by atoms with Gasteiger partial charge in [-0.1, -0.05) is 53.6 Å². The van der Waals surface area contributed by atoms with Gasteiger partial charge in [0.1, 0.15) is 0 Å². The molecule has 1 aromatic heterocycles. The fourth-order valence-corrected chi connectivity index (χ4v) is 2.77. The third-order valence-electron chi connectivity index (χ3n) is 3.29. The summed E-state index contributed by atoms with van der Waals surface area (Å²) in [5.74, 6) is 0. The molecule has 0 fully saturated rings. The number of rotatable bonds is 8. The lowest BCUT2D eigenvalue weighted by Gasteiger charge is -2.07. The summed E-state index contributed by atoms with van der Waals surface area (Å²) in [7, 11) is 0. The lowest BCUT2D eigenvalue weighted by molar-refractivity contribution is 0.601. The van der Waals surface area contributed by atoms with Crippen molar-refractivity contribution in [2.24, 2.45) is 0 Å². The summed E-state index contributed by atoms with van der Waals surface area (Å²) in [5, 5.41) is 4.81. The van der Waals surface area contributed by atoms with Crippen molar-refractivity contribution in [2.75, 3.05) is 11.0 Å². The summed E-state index contributed by atoms with van der Waals surface area (Å²) in [5.41, 5.74) is 2.43. The lowest BCUT2D eigenvalue weighted by Crippen LogP contribution is -2.15. The second-order valence-corrected chi connectivity index (χ2v) is 5.85. The van der Waals surface area contributed by atoms with E-state index in [1.54, 1.807) is 0 Å². The summed E-state index contributed by atoms with van der Waals surface area (Å²) in [4.78, 5) is 4.39. The van der Waals surface area contributed by atoms with Crippen molar-refractivity contribution < 1.29 is 0 Å². The van der Waals surface area contributed by atoms with Gasteiger partial charge in [-0.2, -0.15) is 0 Å². The van der Waals surface area contributed by atoms with E-state index in [1.807, 2.05) is 12.3 Å². The van der Waals surface area contributed by atoms with E-state index < -0.39 is 0 Å². The Kier molecular flexibility index (Phi) is 6.57. The van der Waals surface area contributed by atoms with Crippen LogP contribution in [0.25, 0.3) is 10.9 Å². The number of nitrogens with zero attached hydrogens (tertiary/aromatic N) is 1. The monoisotopic (exact) mass is 368 g/mol.